The molecule has 3 rings (SSSR count). The Morgan fingerprint density at radius 3 is 3.22 bits per heavy atom. The molecule has 2 heterocycles. The molecule has 2 atom stereocenters. The molecule has 1 saturated heterocycles. The zero-order valence-corrected chi connectivity index (χ0v) is 13.3. The summed E-state index contributed by atoms with van der Waals surface area (Å²) >= 11 is 0. The molecular formula is C17H22FN3O2. The summed E-state index contributed by atoms with van der Waals surface area (Å²) < 4.78 is 18.9. The maximum Gasteiger partial charge on any atom is 0.223 e. The third-order valence-corrected chi connectivity index (χ3v) is 4.27. The second kappa shape index (κ2) is 7.08. The van der Waals surface area contributed by atoms with Crippen molar-refractivity contribution in [3.05, 3.63) is 29.8 Å². The molecule has 0 spiro atoms. The molecule has 1 aliphatic heterocycles. The molecule has 2 aromatic rings. The number of hydrogen-bond acceptors (Lipinski definition) is 3. The van der Waals surface area contributed by atoms with Crippen LogP contribution in [0, 0.1) is 11.7 Å². The second-order valence-electron chi connectivity index (χ2n) is 6.07. The molecule has 0 saturated carbocycles. The number of H-pyrrole nitrogens is 1. The van der Waals surface area contributed by atoms with E-state index in [0.29, 0.717) is 30.0 Å². The number of rotatable bonds is 5. The number of fused-ring (bicyclic) bond motifs is 1. The summed E-state index contributed by atoms with van der Waals surface area (Å²) in [7, 11) is 0. The lowest BCUT2D eigenvalue weighted by Gasteiger charge is -2.28. The molecule has 5 nitrogen and oxygen atoms in total. The van der Waals surface area contributed by atoms with Crippen LogP contribution in [0.15, 0.2) is 18.2 Å². The fourth-order valence-corrected chi connectivity index (χ4v) is 3.08. The monoisotopic (exact) mass is 319 g/mol. The minimum atomic E-state index is -0.305. The molecule has 1 aliphatic rings. The van der Waals surface area contributed by atoms with Crippen molar-refractivity contribution >= 4 is 16.9 Å². The molecular weight excluding hydrogens is 297 g/mol. The minimum absolute atomic E-state index is 0.00197. The Morgan fingerprint density at radius 2 is 2.39 bits per heavy atom. The zero-order valence-electron chi connectivity index (χ0n) is 13.3. The van der Waals surface area contributed by atoms with Crippen LogP contribution < -0.4 is 5.32 Å². The molecule has 0 radical (unpaired) electrons. The van der Waals surface area contributed by atoms with Crippen LogP contribution >= 0.6 is 0 Å². The number of ether oxygens (including phenoxy) is 1. The van der Waals surface area contributed by atoms with E-state index < -0.39 is 0 Å². The summed E-state index contributed by atoms with van der Waals surface area (Å²) in [5, 5.41) is 2.92. The number of hydrogen-bond donors (Lipinski definition) is 2. The molecule has 1 fully saturated rings. The van der Waals surface area contributed by atoms with Gasteiger partial charge in [-0.05, 0) is 37.5 Å². The Kier molecular flexibility index (Phi) is 4.91. The fraction of sp³-hybridized carbons (Fsp3) is 0.529. The summed E-state index contributed by atoms with van der Waals surface area (Å²) in [5.41, 5.74) is 1.34. The number of aromatic amines is 1. The number of carbonyl (C=O) groups excluding carboxylic acids is 1. The summed E-state index contributed by atoms with van der Waals surface area (Å²) in [6, 6.07) is 4.41. The Labute approximate surface area is 134 Å². The van der Waals surface area contributed by atoms with E-state index in [1.54, 1.807) is 6.07 Å². The Hall–Kier alpha value is -1.95. The SMILES string of the molecule is CCCC1CC(C(=O)NCc2nc3ccc(F)cc3[nH]2)CCO1. The fourth-order valence-electron chi connectivity index (χ4n) is 3.08. The lowest BCUT2D eigenvalue weighted by atomic mass is 9.93. The van der Waals surface area contributed by atoms with Crippen molar-refractivity contribution in [2.24, 2.45) is 5.92 Å². The first kappa shape index (κ1) is 15.9. The van der Waals surface area contributed by atoms with Gasteiger partial charge in [-0.3, -0.25) is 4.79 Å². The van der Waals surface area contributed by atoms with Crippen molar-refractivity contribution in [1.82, 2.24) is 15.3 Å². The van der Waals surface area contributed by atoms with E-state index in [0.717, 1.165) is 25.7 Å². The third kappa shape index (κ3) is 3.88. The zero-order chi connectivity index (χ0) is 16.2. The van der Waals surface area contributed by atoms with Gasteiger partial charge in [-0.1, -0.05) is 13.3 Å². The van der Waals surface area contributed by atoms with Crippen LogP contribution in [0.3, 0.4) is 0 Å². The van der Waals surface area contributed by atoms with Crippen LogP contribution in [0.4, 0.5) is 4.39 Å². The van der Waals surface area contributed by atoms with Gasteiger partial charge in [-0.2, -0.15) is 0 Å². The first-order valence-electron chi connectivity index (χ1n) is 8.19. The number of nitrogens with zero attached hydrogens (tertiary/aromatic N) is 1. The number of aromatic nitrogens is 2. The number of imidazole rings is 1. The Bertz CT molecular complexity index is 684. The van der Waals surface area contributed by atoms with E-state index in [-0.39, 0.29) is 23.7 Å². The number of nitrogens with one attached hydrogen (secondary N) is 2. The van der Waals surface area contributed by atoms with Gasteiger partial charge in [0.05, 0.1) is 23.7 Å². The maximum absolute atomic E-state index is 13.2. The Balaban J connectivity index is 1.57. The van der Waals surface area contributed by atoms with Crippen molar-refractivity contribution in [3.8, 4) is 0 Å². The van der Waals surface area contributed by atoms with E-state index in [2.05, 4.69) is 22.2 Å². The predicted octanol–water partition coefficient (Wildman–Crippen LogP) is 2.91. The van der Waals surface area contributed by atoms with Crippen molar-refractivity contribution in [3.63, 3.8) is 0 Å². The lowest BCUT2D eigenvalue weighted by Crippen LogP contribution is -2.37. The van der Waals surface area contributed by atoms with E-state index in [9.17, 15) is 9.18 Å². The maximum atomic E-state index is 13.2. The van der Waals surface area contributed by atoms with E-state index in [1.807, 2.05) is 0 Å². The highest BCUT2D eigenvalue weighted by molar-refractivity contribution is 5.79. The molecule has 2 unspecified atom stereocenters. The highest BCUT2D eigenvalue weighted by atomic mass is 19.1. The van der Waals surface area contributed by atoms with Crippen molar-refractivity contribution < 1.29 is 13.9 Å². The highest BCUT2D eigenvalue weighted by Crippen LogP contribution is 2.23. The largest absolute Gasteiger partial charge is 0.378 e. The van der Waals surface area contributed by atoms with Crippen LogP contribution in [0.25, 0.3) is 11.0 Å². The Morgan fingerprint density at radius 1 is 1.52 bits per heavy atom. The summed E-state index contributed by atoms with van der Waals surface area (Å²) in [5.74, 6) is 0.375. The van der Waals surface area contributed by atoms with Crippen LogP contribution in [-0.4, -0.2) is 28.6 Å². The van der Waals surface area contributed by atoms with Crippen LogP contribution in [0.2, 0.25) is 0 Å². The van der Waals surface area contributed by atoms with Crippen LogP contribution in [0.1, 0.15) is 38.4 Å². The van der Waals surface area contributed by atoms with Gasteiger partial charge >= 0.3 is 0 Å². The quantitative estimate of drug-likeness (QED) is 0.890. The van der Waals surface area contributed by atoms with Gasteiger partial charge in [0.15, 0.2) is 0 Å². The van der Waals surface area contributed by atoms with E-state index in [1.165, 1.54) is 12.1 Å². The molecule has 2 N–H and O–H groups in total. The van der Waals surface area contributed by atoms with Crippen molar-refractivity contribution in [1.29, 1.82) is 0 Å². The van der Waals surface area contributed by atoms with Crippen LogP contribution in [-0.2, 0) is 16.1 Å². The van der Waals surface area contributed by atoms with Crippen LogP contribution in [0.5, 0.6) is 0 Å². The second-order valence-corrected chi connectivity index (χ2v) is 6.07. The molecule has 23 heavy (non-hydrogen) atoms. The third-order valence-electron chi connectivity index (χ3n) is 4.27. The number of benzene rings is 1. The average Bonchev–Trinajstić information content (AvgIpc) is 2.95. The summed E-state index contributed by atoms with van der Waals surface area (Å²) in [4.78, 5) is 19.7. The number of amides is 1. The molecule has 1 amide bonds. The smallest absolute Gasteiger partial charge is 0.223 e. The highest BCUT2D eigenvalue weighted by Gasteiger charge is 2.27. The molecule has 6 heteroatoms. The van der Waals surface area contributed by atoms with Gasteiger partial charge < -0.3 is 15.0 Å². The topological polar surface area (TPSA) is 67.0 Å². The number of carbonyl (C=O) groups is 1. The van der Waals surface area contributed by atoms with Gasteiger partial charge in [0.2, 0.25) is 5.91 Å². The average molecular weight is 319 g/mol. The molecule has 1 aromatic carbocycles. The van der Waals surface area contributed by atoms with Gasteiger partial charge in [-0.25, -0.2) is 9.37 Å². The van der Waals surface area contributed by atoms with E-state index in [4.69, 9.17) is 4.74 Å². The minimum Gasteiger partial charge on any atom is -0.378 e. The lowest BCUT2D eigenvalue weighted by molar-refractivity contribution is -0.130. The number of halogens is 1. The molecule has 0 aliphatic carbocycles. The first-order chi connectivity index (χ1) is 11.2. The van der Waals surface area contributed by atoms with Gasteiger partial charge in [0.1, 0.15) is 11.6 Å². The van der Waals surface area contributed by atoms with Crippen molar-refractivity contribution in [2.75, 3.05) is 6.61 Å². The van der Waals surface area contributed by atoms with Crippen molar-refractivity contribution in [2.45, 2.75) is 45.3 Å². The normalized spacial score (nSPS) is 21.5. The molecule has 1 aromatic heterocycles. The summed E-state index contributed by atoms with van der Waals surface area (Å²) in [6.07, 6.45) is 3.80. The first-order valence-corrected chi connectivity index (χ1v) is 8.19. The van der Waals surface area contributed by atoms with Gasteiger partial charge in [0.25, 0.3) is 0 Å². The standard InChI is InChI=1S/C17H22FN3O2/c1-2-3-13-8-11(6-7-23-13)17(22)19-10-16-20-14-5-4-12(18)9-15(14)21-16/h4-5,9,11,13H,2-3,6-8,10H2,1H3,(H,19,22)(H,20,21). The van der Waals surface area contributed by atoms with Gasteiger partial charge in [-0.15, -0.1) is 0 Å². The van der Waals surface area contributed by atoms with E-state index >= 15 is 0 Å². The van der Waals surface area contributed by atoms with Gasteiger partial charge in [0, 0.05) is 12.5 Å². The molecule has 0 bridgehead atoms. The predicted molar refractivity (Wildman–Crippen MR) is 85.3 cm³/mol. The molecule has 124 valence electrons. The summed E-state index contributed by atoms with van der Waals surface area (Å²) in [6.45, 7) is 3.09.